The van der Waals surface area contributed by atoms with E-state index < -0.39 is 0 Å². The van der Waals surface area contributed by atoms with Crippen LogP contribution in [-0.2, 0) is 11.2 Å². The van der Waals surface area contributed by atoms with E-state index in [-0.39, 0.29) is 16.5 Å². The van der Waals surface area contributed by atoms with E-state index in [4.69, 9.17) is 14.7 Å². The molecule has 1 saturated heterocycles. The van der Waals surface area contributed by atoms with Crippen LogP contribution < -0.4 is 9.47 Å². The summed E-state index contributed by atoms with van der Waals surface area (Å²) in [6.07, 6.45) is 0.728. The first kappa shape index (κ1) is 19.1. The lowest BCUT2D eigenvalue weighted by atomic mass is 10.1. The van der Waals surface area contributed by atoms with Crippen molar-refractivity contribution < 1.29 is 14.3 Å². The molecule has 2 aromatic rings. The van der Waals surface area contributed by atoms with Gasteiger partial charge >= 0.3 is 0 Å². The second-order valence-electron chi connectivity index (χ2n) is 6.34. The minimum absolute atomic E-state index is 0.0274. The fourth-order valence-electron chi connectivity index (χ4n) is 3.17. The van der Waals surface area contributed by atoms with E-state index in [1.807, 2.05) is 42.2 Å². The number of nitrogens with zero attached hydrogens (tertiary/aromatic N) is 2. The minimum atomic E-state index is -0.0731. The Morgan fingerprint density at radius 3 is 2.44 bits per heavy atom. The molecule has 0 unspecified atom stereocenters. The molecule has 0 radical (unpaired) electrons. The third-order valence-corrected chi connectivity index (χ3v) is 6.06. The second kappa shape index (κ2) is 8.36. The smallest absolute Gasteiger partial charge is 0.236 e. The summed E-state index contributed by atoms with van der Waals surface area (Å²) < 4.78 is 10.6. The van der Waals surface area contributed by atoms with Crippen molar-refractivity contribution in [1.29, 1.82) is 5.26 Å². The predicted molar refractivity (Wildman–Crippen MR) is 106 cm³/mol. The van der Waals surface area contributed by atoms with Gasteiger partial charge in [-0.15, -0.1) is 11.8 Å². The quantitative estimate of drug-likeness (QED) is 0.761. The summed E-state index contributed by atoms with van der Waals surface area (Å²) in [6.45, 7) is 2.57. The molecule has 0 aromatic heterocycles. The molecule has 1 amide bonds. The van der Waals surface area contributed by atoms with Crippen LogP contribution in [0.5, 0.6) is 11.5 Å². The van der Waals surface area contributed by atoms with E-state index in [1.165, 1.54) is 0 Å². The van der Waals surface area contributed by atoms with E-state index in [1.54, 1.807) is 38.1 Å². The number of hydrogen-bond acceptors (Lipinski definition) is 5. The topological polar surface area (TPSA) is 62.6 Å². The average Bonchev–Trinajstić information content (AvgIpc) is 3.00. The van der Waals surface area contributed by atoms with Gasteiger partial charge in [-0.25, -0.2) is 0 Å². The van der Waals surface area contributed by atoms with Gasteiger partial charge in [-0.05, 0) is 48.7 Å². The minimum Gasteiger partial charge on any atom is -0.493 e. The Labute approximate surface area is 163 Å². The first-order valence-corrected chi connectivity index (χ1v) is 9.68. The molecule has 1 aliphatic heterocycles. The van der Waals surface area contributed by atoms with Gasteiger partial charge in [0, 0.05) is 6.54 Å². The highest BCUT2D eigenvalue weighted by atomic mass is 32.2. The predicted octanol–water partition coefficient (Wildman–Crippen LogP) is 3.78. The Morgan fingerprint density at radius 1 is 1.11 bits per heavy atom. The summed E-state index contributed by atoms with van der Waals surface area (Å²) >= 11 is 1.65. The van der Waals surface area contributed by atoms with Crippen LogP contribution in [0.2, 0.25) is 0 Å². The van der Waals surface area contributed by atoms with Gasteiger partial charge in [-0.2, -0.15) is 5.26 Å². The highest BCUT2D eigenvalue weighted by Crippen LogP contribution is 2.43. The van der Waals surface area contributed by atoms with E-state index in [9.17, 15) is 4.79 Å². The number of carbonyl (C=O) groups excluding carboxylic acids is 1. The molecule has 1 fully saturated rings. The van der Waals surface area contributed by atoms with Crippen molar-refractivity contribution in [1.82, 2.24) is 4.90 Å². The van der Waals surface area contributed by atoms with Crippen LogP contribution in [0.25, 0.3) is 0 Å². The summed E-state index contributed by atoms with van der Waals surface area (Å²) in [5.41, 5.74) is 2.76. The number of hydrogen-bond donors (Lipinski definition) is 0. The average molecular weight is 382 g/mol. The molecule has 0 aliphatic carbocycles. The van der Waals surface area contributed by atoms with Crippen molar-refractivity contribution in [2.75, 3.05) is 20.8 Å². The molecule has 27 heavy (non-hydrogen) atoms. The third kappa shape index (κ3) is 4.04. The molecule has 0 N–H and O–H groups in total. The van der Waals surface area contributed by atoms with Crippen molar-refractivity contribution in [3.05, 3.63) is 59.2 Å². The number of carbonyl (C=O) groups is 1. The van der Waals surface area contributed by atoms with Crippen LogP contribution in [0.4, 0.5) is 0 Å². The van der Waals surface area contributed by atoms with Gasteiger partial charge < -0.3 is 14.4 Å². The number of methoxy groups -OCH3 is 2. The van der Waals surface area contributed by atoms with Gasteiger partial charge in [0.25, 0.3) is 0 Å². The van der Waals surface area contributed by atoms with E-state index in [0.29, 0.717) is 23.6 Å². The molecule has 0 saturated carbocycles. The molecular weight excluding hydrogens is 360 g/mol. The third-order valence-electron chi connectivity index (χ3n) is 4.66. The number of amides is 1. The van der Waals surface area contributed by atoms with Gasteiger partial charge in [-0.1, -0.05) is 18.2 Å². The van der Waals surface area contributed by atoms with Gasteiger partial charge in [0.1, 0.15) is 5.37 Å². The van der Waals surface area contributed by atoms with Crippen LogP contribution in [-0.4, -0.2) is 36.8 Å². The van der Waals surface area contributed by atoms with Crippen LogP contribution in [0.1, 0.15) is 29.0 Å². The zero-order valence-electron chi connectivity index (χ0n) is 15.6. The highest BCUT2D eigenvalue weighted by molar-refractivity contribution is 8.01. The number of benzene rings is 2. The van der Waals surface area contributed by atoms with Crippen molar-refractivity contribution in [2.24, 2.45) is 0 Å². The molecule has 1 heterocycles. The lowest BCUT2D eigenvalue weighted by molar-refractivity contribution is -0.129. The molecule has 6 heteroatoms. The Balaban J connectivity index is 1.76. The zero-order valence-corrected chi connectivity index (χ0v) is 16.5. The summed E-state index contributed by atoms with van der Waals surface area (Å²) in [7, 11) is 3.23. The molecule has 0 spiro atoms. The van der Waals surface area contributed by atoms with Crippen LogP contribution in [0.3, 0.4) is 0 Å². The monoisotopic (exact) mass is 382 g/mol. The Bertz CT molecular complexity index is 861. The van der Waals surface area contributed by atoms with Crippen LogP contribution >= 0.6 is 11.8 Å². The number of nitriles is 1. The fraction of sp³-hybridized carbons (Fsp3) is 0.333. The summed E-state index contributed by atoms with van der Waals surface area (Å²) in [5, 5.41) is 8.88. The number of rotatable bonds is 6. The van der Waals surface area contributed by atoms with Crippen LogP contribution in [0, 0.1) is 11.3 Å². The van der Waals surface area contributed by atoms with E-state index >= 15 is 0 Å². The molecule has 2 aromatic carbocycles. The van der Waals surface area contributed by atoms with Gasteiger partial charge in [-0.3, -0.25) is 4.79 Å². The van der Waals surface area contributed by atoms with Gasteiger partial charge in [0.05, 0.1) is 31.1 Å². The Hall–Kier alpha value is -2.65. The Kier molecular flexibility index (Phi) is 5.92. The molecule has 5 nitrogen and oxygen atoms in total. The fourth-order valence-corrected chi connectivity index (χ4v) is 4.48. The standard InChI is InChI=1S/C21H22N2O3S/c1-14-20(24)23(21(27-14)17-7-4-16(13-22)5-8-17)11-10-15-6-9-18(25-2)19(12-15)26-3/h4-9,12,14,21H,10-11H2,1-3H3/t14-,21+/m1/s1. The molecule has 140 valence electrons. The zero-order chi connectivity index (χ0) is 19.4. The first-order chi connectivity index (χ1) is 13.1. The van der Waals surface area contributed by atoms with E-state index in [2.05, 4.69) is 6.07 Å². The molecule has 2 atom stereocenters. The van der Waals surface area contributed by atoms with E-state index in [0.717, 1.165) is 17.5 Å². The van der Waals surface area contributed by atoms with Gasteiger partial charge in [0.15, 0.2) is 11.5 Å². The molecule has 3 rings (SSSR count). The summed E-state index contributed by atoms with van der Waals surface area (Å²) in [6, 6.07) is 15.4. The van der Waals surface area contributed by atoms with Crippen molar-refractivity contribution in [3.8, 4) is 17.6 Å². The maximum absolute atomic E-state index is 12.7. The lowest BCUT2D eigenvalue weighted by Crippen LogP contribution is -2.32. The molecular formula is C21H22N2O3S. The van der Waals surface area contributed by atoms with Gasteiger partial charge in [0.2, 0.25) is 5.91 Å². The maximum Gasteiger partial charge on any atom is 0.236 e. The Morgan fingerprint density at radius 2 is 1.81 bits per heavy atom. The van der Waals surface area contributed by atoms with Crippen molar-refractivity contribution >= 4 is 17.7 Å². The first-order valence-electron chi connectivity index (χ1n) is 8.74. The van der Waals surface area contributed by atoms with Crippen LogP contribution in [0.15, 0.2) is 42.5 Å². The van der Waals surface area contributed by atoms with Crippen molar-refractivity contribution in [3.63, 3.8) is 0 Å². The molecule has 1 aliphatic rings. The maximum atomic E-state index is 12.7. The summed E-state index contributed by atoms with van der Waals surface area (Å²) in [5.74, 6) is 1.53. The molecule has 0 bridgehead atoms. The number of thioether (sulfide) groups is 1. The normalized spacial score (nSPS) is 19.0. The SMILES string of the molecule is COc1ccc(CCN2C(=O)[C@@H](C)S[C@H]2c2ccc(C#N)cc2)cc1OC. The second-order valence-corrected chi connectivity index (χ2v) is 7.76. The highest BCUT2D eigenvalue weighted by Gasteiger charge is 2.38. The lowest BCUT2D eigenvalue weighted by Gasteiger charge is -2.24. The largest absolute Gasteiger partial charge is 0.493 e. The number of ether oxygens (including phenoxy) is 2. The van der Waals surface area contributed by atoms with Crippen molar-refractivity contribution in [2.45, 2.75) is 24.0 Å². The summed E-state index contributed by atoms with van der Waals surface area (Å²) in [4.78, 5) is 14.6.